The van der Waals surface area contributed by atoms with Gasteiger partial charge >= 0.3 is 12.0 Å². The fourth-order valence-electron chi connectivity index (χ4n) is 3.26. The van der Waals surface area contributed by atoms with Crippen molar-refractivity contribution >= 4 is 12.0 Å². The molecule has 0 heterocycles. The van der Waals surface area contributed by atoms with E-state index in [4.69, 9.17) is 5.11 Å². The number of aliphatic carboxylic acids is 1. The van der Waals surface area contributed by atoms with Crippen molar-refractivity contribution in [2.24, 2.45) is 11.8 Å². The smallest absolute Gasteiger partial charge is 0.315 e. The third-order valence-electron chi connectivity index (χ3n) is 4.12. The summed E-state index contributed by atoms with van der Waals surface area (Å²) in [5.41, 5.74) is 0. The van der Waals surface area contributed by atoms with Crippen molar-refractivity contribution in [3.8, 4) is 0 Å². The van der Waals surface area contributed by atoms with E-state index in [1.54, 1.807) is 0 Å². The molecule has 3 N–H and O–H groups in total. The lowest BCUT2D eigenvalue weighted by molar-refractivity contribution is -0.137. The van der Waals surface area contributed by atoms with Crippen LogP contribution in [0.2, 0.25) is 0 Å². The van der Waals surface area contributed by atoms with Gasteiger partial charge in [-0.05, 0) is 43.9 Å². The fourth-order valence-corrected chi connectivity index (χ4v) is 3.26. The largest absolute Gasteiger partial charge is 0.481 e. The Morgan fingerprint density at radius 2 is 1.62 bits per heavy atom. The summed E-state index contributed by atoms with van der Waals surface area (Å²) in [5.74, 6) is 0.644. The summed E-state index contributed by atoms with van der Waals surface area (Å²) < 4.78 is 0. The fraction of sp³-hybridized carbons (Fsp3) is 0.875. The Morgan fingerprint density at radius 3 is 2.24 bits per heavy atom. The lowest BCUT2D eigenvalue weighted by Gasteiger charge is -2.31. The van der Waals surface area contributed by atoms with E-state index in [0.717, 1.165) is 38.5 Å². The van der Waals surface area contributed by atoms with E-state index in [1.807, 2.05) is 0 Å². The summed E-state index contributed by atoms with van der Waals surface area (Å²) >= 11 is 0. The third-order valence-corrected chi connectivity index (χ3v) is 4.12. The molecular formula is C16H30N2O3. The number of carbonyl (C=O) groups excluding carboxylic acids is 1. The minimum Gasteiger partial charge on any atom is -0.481 e. The molecule has 0 spiro atoms. The Labute approximate surface area is 127 Å². The van der Waals surface area contributed by atoms with Crippen LogP contribution in [0.4, 0.5) is 4.79 Å². The van der Waals surface area contributed by atoms with Gasteiger partial charge < -0.3 is 15.7 Å². The first kappa shape index (κ1) is 17.8. The number of hydrogen-bond acceptors (Lipinski definition) is 2. The Kier molecular flexibility index (Phi) is 8.16. The standard InChI is InChI=1S/C16H30N2O3/c1-12-9-13(2)11-14(10-12)18-16(21)17-8-6-4-3-5-7-15(19)20/h12-14H,3-11H2,1-2H3,(H,19,20)(H2,17,18,21). The van der Waals surface area contributed by atoms with Gasteiger partial charge in [-0.15, -0.1) is 0 Å². The van der Waals surface area contributed by atoms with Crippen LogP contribution in [0.25, 0.3) is 0 Å². The van der Waals surface area contributed by atoms with Crippen LogP contribution in [-0.2, 0) is 4.79 Å². The van der Waals surface area contributed by atoms with Gasteiger partial charge in [-0.1, -0.05) is 26.7 Å². The van der Waals surface area contributed by atoms with Gasteiger partial charge in [-0.2, -0.15) is 0 Å². The second-order valence-electron chi connectivity index (χ2n) is 6.57. The van der Waals surface area contributed by atoms with Gasteiger partial charge in [-0.25, -0.2) is 4.79 Å². The molecule has 2 amide bonds. The molecule has 21 heavy (non-hydrogen) atoms. The van der Waals surface area contributed by atoms with Gasteiger partial charge in [0.15, 0.2) is 0 Å². The van der Waals surface area contributed by atoms with Gasteiger partial charge in [0, 0.05) is 19.0 Å². The van der Waals surface area contributed by atoms with E-state index in [1.165, 1.54) is 6.42 Å². The zero-order valence-corrected chi connectivity index (χ0v) is 13.4. The van der Waals surface area contributed by atoms with Crippen molar-refractivity contribution in [3.05, 3.63) is 0 Å². The van der Waals surface area contributed by atoms with E-state index in [9.17, 15) is 9.59 Å². The zero-order valence-electron chi connectivity index (χ0n) is 13.4. The first-order chi connectivity index (χ1) is 9.97. The first-order valence-electron chi connectivity index (χ1n) is 8.23. The second kappa shape index (κ2) is 9.64. The maximum Gasteiger partial charge on any atom is 0.315 e. The van der Waals surface area contributed by atoms with Crippen molar-refractivity contribution < 1.29 is 14.7 Å². The predicted molar refractivity (Wildman–Crippen MR) is 83.2 cm³/mol. The quantitative estimate of drug-likeness (QED) is 0.602. The molecular weight excluding hydrogens is 268 g/mol. The molecule has 5 nitrogen and oxygen atoms in total. The Bertz CT molecular complexity index is 323. The number of hydrogen-bond donors (Lipinski definition) is 3. The molecule has 5 heteroatoms. The molecule has 0 aromatic rings. The van der Waals surface area contributed by atoms with Crippen LogP contribution in [-0.4, -0.2) is 29.7 Å². The number of rotatable bonds is 8. The molecule has 0 radical (unpaired) electrons. The number of urea groups is 1. The topological polar surface area (TPSA) is 78.4 Å². The monoisotopic (exact) mass is 298 g/mol. The molecule has 0 aromatic carbocycles. The molecule has 2 unspecified atom stereocenters. The van der Waals surface area contributed by atoms with E-state index < -0.39 is 5.97 Å². The molecule has 1 aliphatic carbocycles. The Morgan fingerprint density at radius 1 is 1.00 bits per heavy atom. The number of carbonyl (C=O) groups is 2. The molecule has 122 valence electrons. The number of carboxylic acids is 1. The van der Waals surface area contributed by atoms with E-state index in [2.05, 4.69) is 24.5 Å². The Balaban J connectivity index is 2.02. The lowest BCUT2D eigenvalue weighted by atomic mass is 9.80. The summed E-state index contributed by atoms with van der Waals surface area (Å²) in [6.45, 7) is 5.16. The van der Waals surface area contributed by atoms with Crippen LogP contribution in [0.3, 0.4) is 0 Å². The molecule has 2 atom stereocenters. The minimum atomic E-state index is -0.733. The van der Waals surface area contributed by atoms with Crippen molar-refractivity contribution in [2.75, 3.05) is 6.54 Å². The van der Waals surface area contributed by atoms with Crippen LogP contribution < -0.4 is 10.6 Å². The highest BCUT2D eigenvalue weighted by Crippen LogP contribution is 2.28. The predicted octanol–water partition coefficient (Wildman–Crippen LogP) is 3.15. The minimum absolute atomic E-state index is 0.0631. The normalized spacial score (nSPS) is 25.3. The van der Waals surface area contributed by atoms with Crippen LogP contribution in [0, 0.1) is 11.8 Å². The maximum atomic E-state index is 11.8. The summed E-state index contributed by atoms with van der Waals surface area (Å²) in [7, 11) is 0. The number of unbranched alkanes of at least 4 members (excludes halogenated alkanes) is 3. The molecule has 0 saturated heterocycles. The van der Waals surface area contributed by atoms with Crippen LogP contribution >= 0.6 is 0 Å². The Hall–Kier alpha value is -1.26. The molecule has 0 bridgehead atoms. The molecule has 1 saturated carbocycles. The van der Waals surface area contributed by atoms with Crippen molar-refractivity contribution in [3.63, 3.8) is 0 Å². The molecule has 1 fully saturated rings. The van der Waals surface area contributed by atoms with E-state index >= 15 is 0 Å². The van der Waals surface area contributed by atoms with Crippen LogP contribution in [0.15, 0.2) is 0 Å². The highest BCUT2D eigenvalue weighted by molar-refractivity contribution is 5.74. The average Bonchev–Trinajstić information content (AvgIpc) is 2.35. The zero-order chi connectivity index (χ0) is 15.7. The molecule has 1 rings (SSSR count). The van der Waals surface area contributed by atoms with Crippen molar-refractivity contribution in [1.29, 1.82) is 0 Å². The van der Waals surface area contributed by atoms with Gasteiger partial charge in [0.2, 0.25) is 0 Å². The number of nitrogens with one attached hydrogen (secondary N) is 2. The van der Waals surface area contributed by atoms with Crippen LogP contribution in [0.5, 0.6) is 0 Å². The van der Waals surface area contributed by atoms with Gasteiger partial charge in [-0.3, -0.25) is 4.79 Å². The summed E-state index contributed by atoms with van der Waals surface area (Å²) in [5, 5.41) is 14.5. The second-order valence-corrected chi connectivity index (χ2v) is 6.57. The SMILES string of the molecule is CC1CC(C)CC(NC(=O)NCCCCCCC(=O)O)C1. The van der Waals surface area contributed by atoms with E-state index in [0.29, 0.717) is 24.4 Å². The van der Waals surface area contributed by atoms with Crippen molar-refractivity contribution in [2.45, 2.75) is 71.3 Å². The summed E-state index contributed by atoms with van der Waals surface area (Å²) in [6.07, 6.45) is 7.16. The van der Waals surface area contributed by atoms with Gasteiger partial charge in [0.25, 0.3) is 0 Å². The van der Waals surface area contributed by atoms with Crippen molar-refractivity contribution in [1.82, 2.24) is 10.6 Å². The highest BCUT2D eigenvalue weighted by Gasteiger charge is 2.24. The maximum absolute atomic E-state index is 11.8. The van der Waals surface area contributed by atoms with E-state index in [-0.39, 0.29) is 12.5 Å². The number of carboxylic acid groups (broad SMARTS) is 1. The van der Waals surface area contributed by atoms with Gasteiger partial charge in [0.1, 0.15) is 0 Å². The number of amides is 2. The summed E-state index contributed by atoms with van der Waals surface area (Å²) in [4.78, 5) is 22.2. The van der Waals surface area contributed by atoms with Crippen LogP contribution in [0.1, 0.15) is 65.2 Å². The first-order valence-corrected chi connectivity index (χ1v) is 8.23. The molecule has 0 aromatic heterocycles. The third kappa shape index (κ3) is 8.58. The molecule has 1 aliphatic rings. The average molecular weight is 298 g/mol. The lowest BCUT2D eigenvalue weighted by Crippen LogP contribution is -2.45. The highest BCUT2D eigenvalue weighted by atomic mass is 16.4. The van der Waals surface area contributed by atoms with Gasteiger partial charge in [0.05, 0.1) is 0 Å². The summed E-state index contributed by atoms with van der Waals surface area (Å²) in [6, 6.07) is 0.242. The molecule has 0 aliphatic heterocycles.